The number of rotatable bonds is 5. The van der Waals surface area contributed by atoms with Crippen LogP contribution in [0.1, 0.15) is 18.1 Å². The van der Waals surface area contributed by atoms with Crippen LogP contribution in [0.3, 0.4) is 0 Å². The molecule has 0 spiro atoms. The minimum absolute atomic E-state index is 0.00421. The van der Waals surface area contributed by atoms with Crippen LogP contribution in [0.4, 0.5) is 0 Å². The van der Waals surface area contributed by atoms with Crippen LogP contribution in [0.2, 0.25) is 0 Å². The fourth-order valence-corrected chi connectivity index (χ4v) is 4.12. The molecule has 2 aromatic rings. The summed E-state index contributed by atoms with van der Waals surface area (Å²) in [6, 6.07) is 8.28. The number of nitrogens with one attached hydrogen (secondary N) is 1. The van der Waals surface area contributed by atoms with Gasteiger partial charge in [-0.3, -0.25) is 19.4 Å². The summed E-state index contributed by atoms with van der Waals surface area (Å²) in [7, 11) is 0. The van der Waals surface area contributed by atoms with Gasteiger partial charge in [-0.1, -0.05) is 19.1 Å². The van der Waals surface area contributed by atoms with Crippen molar-refractivity contribution >= 4 is 16.8 Å². The third-order valence-electron chi connectivity index (χ3n) is 5.96. The van der Waals surface area contributed by atoms with E-state index in [1.807, 2.05) is 17.9 Å². The van der Waals surface area contributed by atoms with E-state index in [4.69, 9.17) is 4.74 Å². The van der Waals surface area contributed by atoms with Gasteiger partial charge in [0, 0.05) is 56.9 Å². The monoisotopic (exact) mass is 398 g/mol. The van der Waals surface area contributed by atoms with E-state index < -0.39 is 0 Å². The van der Waals surface area contributed by atoms with E-state index in [1.165, 1.54) is 5.56 Å². The molecule has 2 aliphatic heterocycles. The van der Waals surface area contributed by atoms with Crippen molar-refractivity contribution in [3.05, 3.63) is 45.7 Å². The Morgan fingerprint density at radius 2 is 1.79 bits per heavy atom. The predicted molar refractivity (Wildman–Crippen MR) is 113 cm³/mol. The number of aryl methyl sites for hydroxylation is 1. The minimum atomic E-state index is 0.00421. The standard InChI is InChI=1S/C22H30N4O3/c1-2-18-14-19-4-3-17(13-20(19)23-22(18)28)15-24-5-7-26(8-6-24)21(27)16-25-9-11-29-12-10-25/h3-4,13-14H,2,5-12,15-16H2,1H3,(H,23,28). The Morgan fingerprint density at radius 3 is 2.52 bits per heavy atom. The molecule has 156 valence electrons. The number of carbonyl (C=O) groups excluding carboxylic acids is 1. The molecular weight excluding hydrogens is 368 g/mol. The number of hydrogen-bond acceptors (Lipinski definition) is 5. The molecule has 0 saturated carbocycles. The number of pyridine rings is 1. The van der Waals surface area contributed by atoms with Gasteiger partial charge in [0.2, 0.25) is 5.91 Å². The molecule has 0 bridgehead atoms. The Morgan fingerprint density at radius 1 is 1.03 bits per heavy atom. The number of carbonyl (C=O) groups is 1. The number of aromatic nitrogens is 1. The van der Waals surface area contributed by atoms with E-state index in [2.05, 4.69) is 33.0 Å². The lowest BCUT2D eigenvalue weighted by atomic mass is 10.1. The van der Waals surface area contributed by atoms with Gasteiger partial charge in [0.1, 0.15) is 0 Å². The summed E-state index contributed by atoms with van der Waals surface area (Å²) < 4.78 is 5.35. The van der Waals surface area contributed by atoms with Gasteiger partial charge >= 0.3 is 0 Å². The topological polar surface area (TPSA) is 68.9 Å². The number of ether oxygens (including phenoxy) is 1. The van der Waals surface area contributed by atoms with Crippen molar-refractivity contribution in [3.63, 3.8) is 0 Å². The van der Waals surface area contributed by atoms with E-state index in [0.29, 0.717) is 6.54 Å². The van der Waals surface area contributed by atoms with Crippen molar-refractivity contribution in [3.8, 4) is 0 Å². The Kier molecular flexibility index (Phi) is 6.28. The number of hydrogen-bond donors (Lipinski definition) is 1. The first-order valence-corrected chi connectivity index (χ1v) is 10.6. The summed E-state index contributed by atoms with van der Waals surface area (Å²) in [5.74, 6) is 0.224. The second-order valence-corrected chi connectivity index (χ2v) is 7.94. The lowest BCUT2D eigenvalue weighted by Crippen LogP contribution is -2.51. The second kappa shape index (κ2) is 9.07. The normalized spacial score (nSPS) is 19.0. The number of aromatic amines is 1. The summed E-state index contributed by atoms with van der Waals surface area (Å²) in [5.41, 5.74) is 2.90. The first kappa shape index (κ1) is 20.1. The molecule has 1 aromatic heterocycles. The number of piperazine rings is 1. The van der Waals surface area contributed by atoms with Crippen molar-refractivity contribution in [2.45, 2.75) is 19.9 Å². The van der Waals surface area contributed by atoms with Gasteiger partial charge in [0.05, 0.1) is 19.8 Å². The van der Waals surface area contributed by atoms with Crippen LogP contribution in [-0.4, -0.2) is 84.6 Å². The predicted octanol–water partition coefficient (Wildman–Crippen LogP) is 1.07. The summed E-state index contributed by atoms with van der Waals surface area (Å²) in [4.78, 5) is 34.2. The van der Waals surface area contributed by atoms with Crippen molar-refractivity contribution in [2.24, 2.45) is 0 Å². The molecule has 1 amide bonds. The number of nitrogens with zero attached hydrogens (tertiary/aromatic N) is 3. The maximum absolute atomic E-state index is 12.6. The van der Waals surface area contributed by atoms with Crippen molar-refractivity contribution < 1.29 is 9.53 Å². The highest BCUT2D eigenvalue weighted by molar-refractivity contribution is 5.80. The van der Waals surface area contributed by atoms with Crippen LogP contribution < -0.4 is 5.56 Å². The van der Waals surface area contributed by atoms with Crippen LogP contribution >= 0.6 is 0 Å². The molecule has 0 atom stereocenters. The van der Waals surface area contributed by atoms with E-state index in [-0.39, 0.29) is 11.5 Å². The number of benzene rings is 1. The van der Waals surface area contributed by atoms with Crippen molar-refractivity contribution in [1.29, 1.82) is 0 Å². The number of fused-ring (bicyclic) bond motifs is 1. The van der Waals surface area contributed by atoms with Gasteiger partial charge in [0.25, 0.3) is 5.56 Å². The lowest BCUT2D eigenvalue weighted by molar-refractivity contribution is -0.135. The largest absolute Gasteiger partial charge is 0.379 e. The average Bonchev–Trinajstić information content (AvgIpc) is 2.74. The van der Waals surface area contributed by atoms with Crippen LogP contribution in [0.5, 0.6) is 0 Å². The molecule has 7 heteroatoms. The molecule has 1 aromatic carbocycles. The minimum Gasteiger partial charge on any atom is -0.379 e. The lowest BCUT2D eigenvalue weighted by Gasteiger charge is -2.36. The summed E-state index contributed by atoms with van der Waals surface area (Å²) in [6.07, 6.45) is 0.738. The molecule has 2 saturated heterocycles. The zero-order valence-electron chi connectivity index (χ0n) is 17.2. The smallest absolute Gasteiger partial charge is 0.251 e. The summed E-state index contributed by atoms with van der Waals surface area (Å²) in [6.45, 7) is 9.74. The van der Waals surface area contributed by atoms with Crippen LogP contribution in [0.25, 0.3) is 10.9 Å². The molecule has 4 rings (SSSR count). The molecule has 0 radical (unpaired) electrons. The van der Waals surface area contributed by atoms with E-state index in [1.54, 1.807) is 0 Å². The van der Waals surface area contributed by atoms with Crippen molar-refractivity contribution in [1.82, 2.24) is 19.7 Å². The van der Waals surface area contributed by atoms with Gasteiger partial charge in [-0.15, -0.1) is 0 Å². The maximum atomic E-state index is 12.6. The van der Waals surface area contributed by atoms with Gasteiger partial charge in [-0.25, -0.2) is 0 Å². The van der Waals surface area contributed by atoms with Crippen molar-refractivity contribution in [2.75, 3.05) is 59.0 Å². The molecular formula is C22H30N4O3. The van der Waals surface area contributed by atoms with E-state index in [9.17, 15) is 9.59 Å². The van der Waals surface area contributed by atoms with Crippen LogP contribution in [0, 0.1) is 0 Å². The maximum Gasteiger partial charge on any atom is 0.251 e. The zero-order chi connectivity index (χ0) is 20.2. The first-order valence-electron chi connectivity index (χ1n) is 10.6. The Bertz CT molecular complexity index is 912. The van der Waals surface area contributed by atoms with E-state index in [0.717, 1.165) is 81.9 Å². The van der Waals surface area contributed by atoms with Crippen LogP contribution in [-0.2, 0) is 22.5 Å². The molecule has 3 heterocycles. The highest BCUT2D eigenvalue weighted by Gasteiger charge is 2.23. The molecule has 7 nitrogen and oxygen atoms in total. The van der Waals surface area contributed by atoms with Crippen LogP contribution in [0.15, 0.2) is 29.1 Å². The zero-order valence-corrected chi connectivity index (χ0v) is 17.2. The third kappa shape index (κ3) is 4.86. The van der Waals surface area contributed by atoms with E-state index >= 15 is 0 Å². The Hall–Kier alpha value is -2.22. The van der Waals surface area contributed by atoms with Gasteiger partial charge in [-0.05, 0) is 29.5 Å². The first-order chi connectivity index (χ1) is 14.1. The number of amides is 1. The SMILES string of the molecule is CCc1cc2ccc(CN3CCN(C(=O)CN4CCOCC4)CC3)cc2[nH]c1=O. The summed E-state index contributed by atoms with van der Waals surface area (Å²) in [5, 5.41) is 1.07. The highest BCUT2D eigenvalue weighted by Crippen LogP contribution is 2.16. The highest BCUT2D eigenvalue weighted by atomic mass is 16.5. The third-order valence-corrected chi connectivity index (χ3v) is 5.96. The molecule has 1 N–H and O–H groups in total. The number of morpholine rings is 1. The molecule has 2 aliphatic rings. The fraction of sp³-hybridized carbons (Fsp3) is 0.545. The molecule has 2 fully saturated rings. The molecule has 0 unspecified atom stereocenters. The van der Waals surface area contributed by atoms with Gasteiger partial charge in [-0.2, -0.15) is 0 Å². The Balaban J connectivity index is 1.32. The quantitative estimate of drug-likeness (QED) is 0.816. The average molecular weight is 399 g/mol. The summed E-state index contributed by atoms with van der Waals surface area (Å²) >= 11 is 0. The van der Waals surface area contributed by atoms with Gasteiger partial charge in [0.15, 0.2) is 0 Å². The Labute approximate surface area is 171 Å². The fourth-order valence-electron chi connectivity index (χ4n) is 4.12. The molecule has 29 heavy (non-hydrogen) atoms. The second-order valence-electron chi connectivity index (χ2n) is 7.94. The number of H-pyrrole nitrogens is 1. The molecule has 0 aliphatic carbocycles. The van der Waals surface area contributed by atoms with Gasteiger partial charge < -0.3 is 14.6 Å².